The summed E-state index contributed by atoms with van der Waals surface area (Å²) in [5, 5.41) is 11.7. The number of hydrogen-bond acceptors (Lipinski definition) is 2. The monoisotopic (exact) mass is 286 g/mol. The molecule has 0 aliphatic heterocycles. The van der Waals surface area contributed by atoms with Gasteiger partial charge >= 0.3 is 6.03 Å². The van der Waals surface area contributed by atoms with Crippen molar-refractivity contribution in [3.8, 4) is 0 Å². The van der Waals surface area contributed by atoms with Gasteiger partial charge in [-0.2, -0.15) is 0 Å². The summed E-state index contributed by atoms with van der Waals surface area (Å²) in [5.41, 5.74) is 0.727. The summed E-state index contributed by atoms with van der Waals surface area (Å²) in [7, 11) is 1.65. The van der Waals surface area contributed by atoms with Crippen LogP contribution in [-0.4, -0.2) is 35.7 Å². The third-order valence-electron chi connectivity index (χ3n) is 2.34. The molecular formula is C11H15BrN2O2. The van der Waals surface area contributed by atoms with Gasteiger partial charge in [0, 0.05) is 17.2 Å². The van der Waals surface area contributed by atoms with E-state index in [1.165, 1.54) is 4.90 Å². The van der Waals surface area contributed by atoms with Gasteiger partial charge in [-0.15, -0.1) is 0 Å². The van der Waals surface area contributed by atoms with Crippen LogP contribution < -0.4 is 5.32 Å². The summed E-state index contributed by atoms with van der Waals surface area (Å²) in [6.07, 6.45) is 0. The van der Waals surface area contributed by atoms with Crippen molar-refractivity contribution in [2.45, 2.75) is 13.0 Å². The Morgan fingerprint density at radius 1 is 1.50 bits per heavy atom. The van der Waals surface area contributed by atoms with Gasteiger partial charge in [-0.1, -0.05) is 15.9 Å². The minimum absolute atomic E-state index is 0.0513. The predicted octanol–water partition coefficient (Wildman–Crippen LogP) is 2.29. The van der Waals surface area contributed by atoms with E-state index in [1.54, 1.807) is 26.1 Å². The zero-order valence-electron chi connectivity index (χ0n) is 9.27. The zero-order chi connectivity index (χ0) is 12.1. The van der Waals surface area contributed by atoms with E-state index in [2.05, 4.69) is 21.2 Å². The number of amides is 2. The molecule has 2 amide bonds. The molecule has 16 heavy (non-hydrogen) atoms. The van der Waals surface area contributed by atoms with Gasteiger partial charge in [0.25, 0.3) is 0 Å². The van der Waals surface area contributed by atoms with Crippen LogP contribution in [0.25, 0.3) is 0 Å². The third-order valence-corrected chi connectivity index (χ3v) is 2.87. The van der Waals surface area contributed by atoms with Crippen molar-refractivity contribution in [1.29, 1.82) is 0 Å². The van der Waals surface area contributed by atoms with Gasteiger partial charge in [0.1, 0.15) is 0 Å². The number of rotatable bonds is 3. The molecule has 0 radical (unpaired) electrons. The van der Waals surface area contributed by atoms with Gasteiger partial charge < -0.3 is 15.3 Å². The summed E-state index contributed by atoms with van der Waals surface area (Å²) in [4.78, 5) is 13.2. The van der Waals surface area contributed by atoms with E-state index < -0.39 is 0 Å². The van der Waals surface area contributed by atoms with Crippen LogP contribution >= 0.6 is 15.9 Å². The largest absolute Gasteiger partial charge is 0.394 e. The molecule has 1 atom stereocenters. The van der Waals surface area contributed by atoms with Crippen molar-refractivity contribution in [1.82, 2.24) is 4.90 Å². The molecule has 0 bridgehead atoms. The van der Waals surface area contributed by atoms with Crippen molar-refractivity contribution >= 4 is 27.6 Å². The molecule has 1 aromatic carbocycles. The molecule has 0 saturated carbocycles. The summed E-state index contributed by atoms with van der Waals surface area (Å²) in [6, 6.07) is 6.88. The number of halogens is 1. The van der Waals surface area contributed by atoms with Gasteiger partial charge in [0.2, 0.25) is 0 Å². The fraction of sp³-hybridized carbons (Fsp3) is 0.364. The number of likely N-dealkylation sites (N-methyl/N-ethyl adjacent to an activating group) is 1. The van der Waals surface area contributed by atoms with Gasteiger partial charge in [0.05, 0.1) is 12.6 Å². The number of carbonyl (C=O) groups excluding carboxylic acids is 1. The Morgan fingerprint density at radius 2 is 2.06 bits per heavy atom. The van der Waals surface area contributed by atoms with E-state index in [4.69, 9.17) is 5.11 Å². The normalized spacial score (nSPS) is 12.0. The molecule has 0 aliphatic rings. The maximum atomic E-state index is 11.7. The van der Waals surface area contributed by atoms with Crippen LogP contribution in [0.4, 0.5) is 10.5 Å². The lowest BCUT2D eigenvalue weighted by molar-refractivity contribution is 0.166. The first kappa shape index (κ1) is 13.0. The lowest BCUT2D eigenvalue weighted by atomic mass is 10.3. The Hall–Kier alpha value is -1.07. The highest BCUT2D eigenvalue weighted by molar-refractivity contribution is 9.10. The molecule has 0 aromatic heterocycles. The van der Waals surface area contributed by atoms with Crippen LogP contribution in [0.15, 0.2) is 28.7 Å². The summed E-state index contributed by atoms with van der Waals surface area (Å²) < 4.78 is 0.961. The number of aliphatic hydroxyl groups excluding tert-OH is 1. The van der Waals surface area contributed by atoms with E-state index in [9.17, 15) is 4.79 Å². The minimum Gasteiger partial charge on any atom is -0.394 e. The van der Waals surface area contributed by atoms with Gasteiger partial charge in [-0.05, 0) is 31.2 Å². The first-order valence-corrected chi connectivity index (χ1v) is 5.74. The Bertz CT molecular complexity index is 354. The van der Waals surface area contributed by atoms with Crippen LogP contribution in [0.5, 0.6) is 0 Å². The highest BCUT2D eigenvalue weighted by Gasteiger charge is 2.14. The number of urea groups is 1. The van der Waals surface area contributed by atoms with E-state index >= 15 is 0 Å². The Kier molecular flexibility index (Phi) is 4.76. The molecule has 1 aromatic rings. The average Bonchev–Trinajstić information content (AvgIpc) is 2.30. The molecule has 88 valence electrons. The maximum absolute atomic E-state index is 11.7. The minimum atomic E-state index is -0.233. The molecule has 1 rings (SSSR count). The number of nitrogens with one attached hydrogen (secondary N) is 1. The highest BCUT2D eigenvalue weighted by Crippen LogP contribution is 2.14. The van der Waals surface area contributed by atoms with Crippen molar-refractivity contribution < 1.29 is 9.90 Å². The van der Waals surface area contributed by atoms with E-state index in [1.807, 2.05) is 12.1 Å². The first-order chi connectivity index (χ1) is 7.54. The average molecular weight is 287 g/mol. The molecule has 0 aliphatic carbocycles. The van der Waals surface area contributed by atoms with Crippen LogP contribution in [0.1, 0.15) is 6.92 Å². The Balaban J connectivity index is 2.60. The van der Waals surface area contributed by atoms with Gasteiger partial charge in [0.15, 0.2) is 0 Å². The third kappa shape index (κ3) is 3.50. The predicted molar refractivity (Wildman–Crippen MR) is 67.5 cm³/mol. The van der Waals surface area contributed by atoms with Crippen LogP contribution in [-0.2, 0) is 0 Å². The molecule has 0 fully saturated rings. The first-order valence-electron chi connectivity index (χ1n) is 4.95. The smallest absolute Gasteiger partial charge is 0.321 e. The summed E-state index contributed by atoms with van der Waals surface area (Å²) >= 11 is 3.32. The summed E-state index contributed by atoms with van der Waals surface area (Å²) in [5.74, 6) is 0. The Labute approximate surface area is 103 Å². The van der Waals surface area contributed by atoms with Gasteiger partial charge in [-0.3, -0.25) is 0 Å². The second kappa shape index (κ2) is 5.86. The summed E-state index contributed by atoms with van der Waals surface area (Å²) in [6.45, 7) is 1.73. The molecule has 0 saturated heterocycles. The SMILES string of the molecule is CC(CO)N(C)C(=O)Nc1ccc(Br)cc1. The lowest BCUT2D eigenvalue weighted by Crippen LogP contribution is -2.40. The number of anilines is 1. The Morgan fingerprint density at radius 3 is 2.56 bits per heavy atom. The number of aliphatic hydroxyl groups is 1. The van der Waals surface area contributed by atoms with E-state index in [0.717, 1.165) is 10.2 Å². The number of hydrogen-bond donors (Lipinski definition) is 2. The molecule has 2 N–H and O–H groups in total. The molecule has 0 heterocycles. The zero-order valence-corrected chi connectivity index (χ0v) is 10.9. The molecule has 1 unspecified atom stereocenters. The second-order valence-corrected chi connectivity index (χ2v) is 4.50. The van der Waals surface area contributed by atoms with Crippen LogP contribution in [0.3, 0.4) is 0 Å². The number of benzene rings is 1. The topological polar surface area (TPSA) is 52.6 Å². The molecule has 0 spiro atoms. The molecule has 4 nitrogen and oxygen atoms in total. The van der Waals surface area contributed by atoms with Crippen molar-refractivity contribution in [2.24, 2.45) is 0 Å². The van der Waals surface area contributed by atoms with Crippen molar-refractivity contribution in [3.05, 3.63) is 28.7 Å². The van der Waals surface area contributed by atoms with Crippen LogP contribution in [0, 0.1) is 0 Å². The van der Waals surface area contributed by atoms with E-state index in [0.29, 0.717) is 0 Å². The van der Waals surface area contributed by atoms with Crippen molar-refractivity contribution in [3.63, 3.8) is 0 Å². The van der Waals surface area contributed by atoms with Crippen molar-refractivity contribution in [2.75, 3.05) is 19.0 Å². The maximum Gasteiger partial charge on any atom is 0.321 e. The fourth-order valence-electron chi connectivity index (χ4n) is 1.07. The molecular weight excluding hydrogens is 272 g/mol. The number of carbonyl (C=O) groups is 1. The quantitative estimate of drug-likeness (QED) is 0.896. The molecule has 5 heteroatoms. The van der Waals surface area contributed by atoms with Gasteiger partial charge in [-0.25, -0.2) is 4.79 Å². The standard InChI is InChI=1S/C11H15BrN2O2/c1-8(7-15)14(2)11(16)13-10-5-3-9(12)4-6-10/h3-6,8,15H,7H2,1-2H3,(H,13,16). The lowest BCUT2D eigenvalue weighted by Gasteiger charge is -2.23. The highest BCUT2D eigenvalue weighted by atomic mass is 79.9. The van der Waals surface area contributed by atoms with Crippen LogP contribution in [0.2, 0.25) is 0 Å². The number of nitrogens with zero attached hydrogens (tertiary/aromatic N) is 1. The van der Waals surface area contributed by atoms with E-state index in [-0.39, 0.29) is 18.7 Å². The fourth-order valence-corrected chi connectivity index (χ4v) is 1.33. The second-order valence-electron chi connectivity index (χ2n) is 3.58.